The number of rotatable bonds is 1. The lowest BCUT2D eigenvalue weighted by Crippen LogP contribution is -1.67. The number of aromatic amines is 1. The van der Waals surface area contributed by atoms with E-state index in [-0.39, 0.29) is 0 Å². The van der Waals surface area contributed by atoms with Crippen molar-refractivity contribution >= 4 is 11.3 Å². The highest BCUT2D eigenvalue weighted by Gasteiger charge is 1.99. The highest BCUT2D eigenvalue weighted by atomic mass is 32.1. The molecule has 2 heterocycles. The average molecular weight is 150 g/mol. The summed E-state index contributed by atoms with van der Waals surface area (Å²) < 4.78 is 0. The Balaban J connectivity index is 2.48. The molecule has 0 saturated carbocycles. The standard InChI is InChI=1S/C6H4N3S/c1-2-10-6(7-1)5-3-8-9-4-5/h1-3H,(H,8,9). The summed E-state index contributed by atoms with van der Waals surface area (Å²) in [4.78, 5) is 4.09. The maximum Gasteiger partial charge on any atom is 0.127 e. The molecule has 0 bridgehead atoms. The van der Waals surface area contributed by atoms with E-state index in [0.717, 1.165) is 10.6 Å². The van der Waals surface area contributed by atoms with Crippen molar-refractivity contribution in [1.29, 1.82) is 0 Å². The molecule has 0 unspecified atom stereocenters. The number of nitrogens with one attached hydrogen (secondary N) is 1. The van der Waals surface area contributed by atoms with Crippen molar-refractivity contribution in [2.45, 2.75) is 0 Å². The summed E-state index contributed by atoms with van der Waals surface area (Å²) in [6, 6.07) is 0. The normalized spacial score (nSPS) is 10.0. The number of hydrogen-bond donors (Lipinski definition) is 1. The minimum atomic E-state index is 0.926. The highest BCUT2D eigenvalue weighted by Crippen LogP contribution is 2.18. The fraction of sp³-hybridized carbons (Fsp3) is 0. The maximum absolute atomic E-state index is 4.09. The first-order valence-corrected chi connectivity index (χ1v) is 3.66. The third-order valence-corrected chi connectivity index (χ3v) is 1.92. The van der Waals surface area contributed by atoms with Gasteiger partial charge in [-0.25, -0.2) is 4.98 Å². The smallest absolute Gasteiger partial charge is 0.127 e. The number of hydrogen-bond acceptors (Lipinski definition) is 3. The predicted octanol–water partition coefficient (Wildman–Crippen LogP) is 1.33. The van der Waals surface area contributed by atoms with E-state index in [4.69, 9.17) is 0 Å². The van der Waals surface area contributed by atoms with Gasteiger partial charge in [-0.3, -0.25) is 5.10 Å². The maximum atomic E-state index is 4.09. The molecule has 0 amide bonds. The van der Waals surface area contributed by atoms with Gasteiger partial charge in [0, 0.05) is 17.8 Å². The first-order chi connectivity index (χ1) is 4.97. The summed E-state index contributed by atoms with van der Waals surface area (Å²) in [6.07, 6.45) is 6.32. The molecule has 2 aromatic rings. The van der Waals surface area contributed by atoms with Crippen LogP contribution in [0.4, 0.5) is 0 Å². The Kier molecular flexibility index (Phi) is 1.25. The molecule has 0 spiro atoms. The zero-order valence-corrected chi connectivity index (χ0v) is 5.85. The molecular formula is C6H4N3S. The van der Waals surface area contributed by atoms with Crippen LogP contribution in [-0.4, -0.2) is 15.2 Å². The number of nitrogens with zero attached hydrogens (tertiary/aromatic N) is 2. The SMILES string of the molecule is [c]1n[nH]cc1-c1nccs1. The van der Waals surface area contributed by atoms with Gasteiger partial charge in [0.15, 0.2) is 0 Å². The number of thiazole rings is 1. The Morgan fingerprint density at radius 2 is 2.60 bits per heavy atom. The van der Waals surface area contributed by atoms with Crippen LogP contribution in [0.15, 0.2) is 17.8 Å². The number of H-pyrrole nitrogens is 1. The van der Waals surface area contributed by atoms with Gasteiger partial charge >= 0.3 is 0 Å². The van der Waals surface area contributed by atoms with Crippen LogP contribution in [0.3, 0.4) is 0 Å². The topological polar surface area (TPSA) is 41.6 Å². The van der Waals surface area contributed by atoms with Crippen molar-refractivity contribution in [2.75, 3.05) is 0 Å². The molecule has 1 radical (unpaired) electrons. The van der Waals surface area contributed by atoms with Gasteiger partial charge in [-0.2, -0.15) is 5.10 Å². The van der Waals surface area contributed by atoms with E-state index in [0.29, 0.717) is 0 Å². The molecule has 0 saturated heterocycles. The van der Waals surface area contributed by atoms with Crippen molar-refractivity contribution in [3.63, 3.8) is 0 Å². The summed E-state index contributed by atoms with van der Waals surface area (Å²) in [5.41, 5.74) is 0.926. The molecule has 1 N–H and O–H groups in total. The van der Waals surface area contributed by atoms with E-state index in [1.54, 1.807) is 23.7 Å². The lowest BCUT2D eigenvalue weighted by Gasteiger charge is -1.81. The van der Waals surface area contributed by atoms with E-state index in [9.17, 15) is 0 Å². The van der Waals surface area contributed by atoms with Crippen LogP contribution in [0.5, 0.6) is 0 Å². The molecule has 0 aliphatic heterocycles. The second-order valence-corrected chi connectivity index (χ2v) is 2.64. The lowest BCUT2D eigenvalue weighted by atomic mass is 10.4. The van der Waals surface area contributed by atoms with Crippen molar-refractivity contribution in [1.82, 2.24) is 15.2 Å². The summed E-state index contributed by atoms with van der Waals surface area (Å²) in [5, 5.41) is 9.25. The molecule has 2 rings (SSSR count). The third kappa shape index (κ3) is 0.823. The fourth-order valence-corrected chi connectivity index (χ4v) is 1.29. The van der Waals surface area contributed by atoms with E-state index < -0.39 is 0 Å². The minimum absolute atomic E-state index is 0.926. The Morgan fingerprint density at radius 3 is 3.20 bits per heavy atom. The quantitative estimate of drug-likeness (QED) is 0.666. The Hall–Kier alpha value is -1.16. The first kappa shape index (κ1) is 5.61. The summed E-state index contributed by atoms with van der Waals surface area (Å²) in [7, 11) is 0. The average Bonchev–Trinajstić information content (AvgIpc) is 2.59. The van der Waals surface area contributed by atoms with Gasteiger partial charge in [-0.1, -0.05) is 0 Å². The second kappa shape index (κ2) is 2.22. The monoisotopic (exact) mass is 150 g/mol. The zero-order valence-electron chi connectivity index (χ0n) is 5.03. The first-order valence-electron chi connectivity index (χ1n) is 2.78. The molecule has 49 valence electrons. The molecule has 4 heteroatoms. The van der Waals surface area contributed by atoms with Crippen LogP contribution >= 0.6 is 11.3 Å². The van der Waals surface area contributed by atoms with E-state index in [2.05, 4.69) is 21.4 Å². The molecule has 0 atom stereocenters. The van der Waals surface area contributed by atoms with Crippen molar-refractivity contribution < 1.29 is 0 Å². The molecule has 0 fully saturated rings. The van der Waals surface area contributed by atoms with Crippen LogP contribution in [0.1, 0.15) is 0 Å². The molecular weight excluding hydrogens is 146 g/mol. The number of aromatic nitrogens is 3. The van der Waals surface area contributed by atoms with E-state index >= 15 is 0 Å². The fourth-order valence-electron chi connectivity index (χ4n) is 0.688. The Labute approximate surface area is 61.7 Å². The second-order valence-electron chi connectivity index (χ2n) is 1.75. The summed E-state index contributed by atoms with van der Waals surface area (Å²) in [6.45, 7) is 0. The molecule has 0 aliphatic carbocycles. The summed E-state index contributed by atoms with van der Waals surface area (Å²) in [5.74, 6) is 0. The van der Waals surface area contributed by atoms with Gasteiger partial charge < -0.3 is 0 Å². The van der Waals surface area contributed by atoms with Gasteiger partial charge in [0.05, 0.1) is 5.56 Å². The van der Waals surface area contributed by atoms with Crippen LogP contribution in [0, 0.1) is 6.20 Å². The Bertz CT molecular complexity index is 252. The van der Waals surface area contributed by atoms with Gasteiger partial charge in [-0.15, -0.1) is 11.3 Å². The van der Waals surface area contributed by atoms with Crippen LogP contribution < -0.4 is 0 Å². The van der Waals surface area contributed by atoms with Crippen LogP contribution in [0.2, 0.25) is 0 Å². The zero-order chi connectivity index (χ0) is 6.81. The molecule has 3 nitrogen and oxygen atoms in total. The van der Waals surface area contributed by atoms with Crippen LogP contribution in [0.25, 0.3) is 10.6 Å². The summed E-state index contributed by atoms with van der Waals surface area (Å²) >= 11 is 1.58. The van der Waals surface area contributed by atoms with Crippen molar-refractivity contribution in [3.8, 4) is 10.6 Å². The van der Waals surface area contributed by atoms with Gasteiger partial charge in [0.2, 0.25) is 0 Å². The molecule has 0 aromatic carbocycles. The van der Waals surface area contributed by atoms with Gasteiger partial charge in [-0.05, 0) is 0 Å². The third-order valence-electron chi connectivity index (χ3n) is 1.11. The minimum Gasteiger partial charge on any atom is -0.284 e. The van der Waals surface area contributed by atoms with Gasteiger partial charge in [0.25, 0.3) is 0 Å². The molecule has 2 aromatic heterocycles. The largest absolute Gasteiger partial charge is 0.284 e. The highest BCUT2D eigenvalue weighted by molar-refractivity contribution is 7.13. The van der Waals surface area contributed by atoms with Crippen molar-refractivity contribution in [3.05, 3.63) is 24.0 Å². The van der Waals surface area contributed by atoms with E-state index in [1.165, 1.54) is 0 Å². The Morgan fingerprint density at radius 1 is 1.60 bits per heavy atom. The predicted molar refractivity (Wildman–Crippen MR) is 38.5 cm³/mol. The van der Waals surface area contributed by atoms with E-state index in [1.807, 2.05) is 5.38 Å². The van der Waals surface area contributed by atoms with Crippen molar-refractivity contribution in [2.24, 2.45) is 0 Å². The van der Waals surface area contributed by atoms with Gasteiger partial charge in [0.1, 0.15) is 11.2 Å². The molecule has 0 aliphatic rings. The van der Waals surface area contributed by atoms with Crippen LogP contribution in [-0.2, 0) is 0 Å². The lowest BCUT2D eigenvalue weighted by molar-refractivity contribution is 1.08. The molecule has 10 heavy (non-hydrogen) atoms.